The van der Waals surface area contributed by atoms with Crippen LogP contribution in [0.3, 0.4) is 0 Å². The topological polar surface area (TPSA) is 35.5 Å². The highest BCUT2D eigenvalue weighted by Gasteiger charge is 2.41. The average Bonchev–Trinajstić information content (AvgIpc) is 3.20. The van der Waals surface area contributed by atoms with Gasteiger partial charge in [-0.1, -0.05) is 90.3 Å². The number of alkyl halides is 1. The quantitative estimate of drug-likeness (QED) is 0.0938. The number of halogens is 1. The zero-order valence-electron chi connectivity index (χ0n) is 27.0. The fraction of sp³-hybridized carbons (Fsp3) is 0.639. The molecule has 1 aliphatic rings. The van der Waals surface area contributed by atoms with Gasteiger partial charge in [0.15, 0.2) is 8.32 Å². The molecule has 3 nitrogen and oxygen atoms in total. The second kappa shape index (κ2) is 15.2. The highest BCUT2D eigenvalue weighted by Crippen LogP contribution is 2.49. The molecule has 0 aromatic heterocycles. The Balaban J connectivity index is 1.71. The van der Waals surface area contributed by atoms with Crippen LogP contribution < -0.4 is 0 Å². The summed E-state index contributed by atoms with van der Waals surface area (Å²) in [6.45, 7) is 18.6. The maximum atomic E-state index is 12.2. The lowest BCUT2D eigenvalue weighted by Gasteiger charge is -2.39. The van der Waals surface area contributed by atoms with Gasteiger partial charge in [-0.25, -0.2) is 4.79 Å². The number of carbonyl (C=O) groups is 1. The van der Waals surface area contributed by atoms with E-state index in [0.29, 0.717) is 29.9 Å². The Morgan fingerprint density at radius 1 is 1.05 bits per heavy atom. The summed E-state index contributed by atoms with van der Waals surface area (Å²) in [7, 11) is -1.88. The van der Waals surface area contributed by atoms with Gasteiger partial charge in [0, 0.05) is 5.38 Å². The summed E-state index contributed by atoms with van der Waals surface area (Å²) in [5, 5.41) is 0.391. The summed E-state index contributed by atoms with van der Waals surface area (Å²) in [4.78, 5) is 12.2. The average molecular weight is 599 g/mol. The van der Waals surface area contributed by atoms with E-state index in [1.165, 1.54) is 36.0 Å². The Morgan fingerprint density at radius 2 is 1.76 bits per heavy atom. The minimum absolute atomic E-state index is 0.166. The van der Waals surface area contributed by atoms with Gasteiger partial charge in [-0.15, -0.1) is 11.6 Å². The molecule has 3 rings (SSSR count). The number of aryl methyl sites for hydroxylation is 1. The van der Waals surface area contributed by atoms with E-state index in [-0.39, 0.29) is 22.5 Å². The zero-order chi connectivity index (χ0) is 30.2. The molecule has 41 heavy (non-hydrogen) atoms. The zero-order valence-corrected chi connectivity index (χ0v) is 28.7. The monoisotopic (exact) mass is 598 g/mol. The molecule has 1 saturated carbocycles. The Labute approximate surface area is 256 Å². The van der Waals surface area contributed by atoms with Crippen molar-refractivity contribution in [1.29, 1.82) is 0 Å². The van der Waals surface area contributed by atoms with Gasteiger partial charge >= 0.3 is 5.97 Å². The fourth-order valence-corrected chi connectivity index (χ4v) is 8.09. The van der Waals surface area contributed by atoms with E-state index in [4.69, 9.17) is 20.8 Å². The molecule has 0 amide bonds. The first-order valence-electron chi connectivity index (χ1n) is 16.1. The van der Waals surface area contributed by atoms with Gasteiger partial charge in [0.25, 0.3) is 0 Å². The normalized spacial score (nSPS) is 22.1. The molecule has 2 aromatic carbocycles. The third-order valence-corrected chi connectivity index (χ3v) is 14.6. The fourth-order valence-electron chi connectivity index (χ4n) is 6.21. The van der Waals surface area contributed by atoms with Crippen LogP contribution in [0, 0.1) is 11.8 Å². The number of unbranched alkanes of at least 4 members (excludes halogenated alkanes) is 2. The van der Waals surface area contributed by atoms with Gasteiger partial charge < -0.3 is 9.16 Å². The summed E-state index contributed by atoms with van der Waals surface area (Å²) in [6, 6.07) is 17.3. The minimum atomic E-state index is -1.88. The van der Waals surface area contributed by atoms with Crippen molar-refractivity contribution < 1.29 is 14.0 Å². The third kappa shape index (κ3) is 9.18. The molecule has 1 fully saturated rings. The molecule has 0 N–H and O–H groups in total. The lowest BCUT2D eigenvalue weighted by Crippen LogP contribution is -2.41. The number of ether oxygens (including phenoxy) is 1. The Kier molecular flexibility index (Phi) is 12.6. The minimum Gasteiger partial charge on any atom is -0.462 e. The number of esters is 1. The van der Waals surface area contributed by atoms with Gasteiger partial charge in [0.1, 0.15) is 0 Å². The van der Waals surface area contributed by atoms with Crippen molar-refractivity contribution >= 4 is 25.9 Å². The number of hydrogen-bond acceptors (Lipinski definition) is 3. The smallest absolute Gasteiger partial charge is 0.338 e. The third-order valence-electron chi connectivity index (χ3n) is 9.58. The number of hydrogen-bond donors (Lipinski definition) is 0. The van der Waals surface area contributed by atoms with Gasteiger partial charge in [0.2, 0.25) is 0 Å². The van der Waals surface area contributed by atoms with Crippen LogP contribution in [0.4, 0.5) is 0 Å². The van der Waals surface area contributed by atoms with Crippen molar-refractivity contribution in [2.75, 3.05) is 6.61 Å². The standard InChI is InChI=1S/C36H55ClO3Si/c1-9-11-12-19-33(40-41(7,8)36(4,5)6)28-20-22-29(23-21-28)34-26(3)24-32(37)31(34)18-14-16-27-15-13-17-30(25-27)35(38)39-10-2/h13,15,17,20-23,25-26,31-34H,9-12,14,16,18-19,24H2,1-8H3/t26-,31?,32-,33?,34-/m1/s1. The molecule has 5 atom stereocenters. The number of benzene rings is 2. The second-order valence-corrected chi connectivity index (χ2v) is 19.1. The molecule has 2 aromatic rings. The molecule has 0 spiro atoms. The molecule has 1 aliphatic carbocycles. The molecule has 0 aliphatic heterocycles. The van der Waals surface area contributed by atoms with Crippen LogP contribution >= 0.6 is 11.6 Å². The van der Waals surface area contributed by atoms with Crippen LogP contribution in [-0.2, 0) is 15.6 Å². The van der Waals surface area contributed by atoms with E-state index < -0.39 is 8.32 Å². The highest BCUT2D eigenvalue weighted by molar-refractivity contribution is 6.74. The Morgan fingerprint density at radius 3 is 2.39 bits per heavy atom. The van der Waals surface area contributed by atoms with E-state index in [0.717, 1.165) is 32.1 Å². The maximum absolute atomic E-state index is 12.2. The molecule has 5 heteroatoms. The lowest BCUT2D eigenvalue weighted by atomic mass is 9.81. The van der Waals surface area contributed by atoms with Gasteiger partial charge in [0.05, 0.1) is 18.3 Å². The van der Waals surface area contributed by atoms with Gasteiger partial charge in [-0.2, -0.15) is 0 Å². The number of carbonyl (C=O) groups excluding carboxylic acids is 1. The van der Waals surface area contributed by atoms with E-state index in [9.17, 15) is 4.79 Å². The predicted molar refractivity (Wildman–Crippen MR) is 177 cm³/mol. The van der Waals surface area contributed by atoms with Crippen molar-refractivity contribution in [2.45, 2.75) is 128 Å². The van der Waals surface area contributed by atoms with Gasteiger partial charge in [-0.3, -0.25) is 0 Å². The molecule has 2 unspecified atom stereocenters. The summed E-state index contributed by atoms with van der Waals surface area (Å²) < 4.78 is 12.2. The Hall–Kier alpha value is -1.62. The maximum Gasteiger partial charge on any atom is 0.338 e. The molecule has 0 radical (unpaired) electrons. The van der Waals surface area contributed by atoms with Crippen molar-refractivity contribution in [3.8, 4) is 0 Å². The molecular formula is C36H55ClO3Si. The lowest BCUT2D eigenvalue weighted by molar-refractivity contribution is 0.0526. The Bertz CT molecular complexity index is 1090. The predicted octanol–water partition coefficient (Wildman–Crippen LogP) is 10.9. The van der Waals surface area contributed by atoms with Crippen molar-refractivity contribution in [3.63, 3.8) is 0 Å². The summed E-state index contributed by atoms with van der Waals surface area (Å²) >= 11 is 6.99. The van der Waals surface area contributed by atoms with Crippen LogP contribution in [0.25, 0.3) is 0 Å². The van der Waals surface area contributed by atoms with Crippen molar-refractivity contribution in [2.24, 2.45) is 11.8 Å². The van der Waals surface area contributed by atoms with Gasteiger partial charge in [-0.05, 0) is 104 Å². The van der Waals surface area contributed by atoms with Crippen molar-refractivity contribution in [1.82, 2.24) is 0 Å². The molecule has 0 bridgehead atoms. The molecule has 228 valence electrons. The van der Waals surface area contributed by atoms with E-state index in [1.807, 2.05) is 25.1 Å². The first-order chi connectivity index (χ1) is 19.4. The first-order valence-corrected chi connectivity index (χ1v) is 19.4. The van der Waals surface area contributed by atoms with Crippen molar-refractivity contribution in [3.05, 3.63) is 70.8 Å². The largest absolute Gasteiger partial charge is 0.462 e. The molecular weight excluding hydrogens is 544 g/mol. The van der Waals surface area contributed by atoms with E-state index in [2.05, 4.69) is 78.0 Å². The molecule has 0 saturated heterocycles. The second-order valence-electron chi connectivity index (χ2n) is 13.8. The number of rotatable bonds is 14. The molecule has 0 heterocycles. The highest BCUT2D eigenvalue weighted by atomic mass is 35.5. The van der Waals surface area contributed by atoms with E-state index >= 15 is 0 Å². The SMILES string of the molecule is CCCCCC(O[Si](C)(C)C(C)(C)C)c1ccc([C@@H]2C(CCCc3cccc(C(=O)OCC)c3)[C@H](Cl)C[C@H]2C)cc1. The van der Waals surface area contributed by atoms with Crippen LogP contribution in [0.15, 0.2) is 48.5 Å². The van der Waals surface area contributed by atoms with Crippen LogP contribution in [-0.4, -0.2) is 26.3 Å². The van der Waals surface area contributed by atoms with Crippen LogP contribution in [0.5, 0.6) is 0 Å². The summed E-state index contributed by atoms with van der Waals surface area (Å²) in [6.07, 6.45) is 9.08. The van der Waals surface area contributed by atoms with Crippen LogP contribution in [0.2, 0.25) is 18.1 Å². The first kappa shape index (κ1) is 33.9. The van der Waals surface area contributed by atoms with E-state index in [1.54, 1.807) is 0 Å². The van der Waals surface area contributed by atoms with Crippen LogP contribution in [0.1, 0.15) is 126 Å². The summed E-state index contributed by atoms with van der Waals surface area (Å²) in [5.74, 6) is 1.24. The summed E-state index contributed by atoms with van der Waals surface area (Å²) in [5.41, 5.74) is 4.56.